The van der Waals surface area contributed by atoms with E-state index in [0.717, 1.165) is 0 Å². The maximum Gasteiger partial charge on any atom is 3.00 e. The molecule has 1 heteroatoms. The van der Waals surface area contributed by atoms with Crippen molar-refractivity contribution in [3.8, 4) is 0 Å². The van der Waals surface area contributed by atoms with Crippen LogP contribution in [-0.4, -0.2) is 0 Å². The van der Waals surface area contributed by atoms with Gasteiger partial charge in [0.25, 0.3) is 0 Å². The number of fused-ring (bicyclic) bond motifs is 1. The Balaban J connectivity index is 0.000000605. The number of benzene rings is 2. The number of hydrogen-bond donors (Lipinski definition) is 0. The summed E-state index contributed by atoms with van der Waals surface area (Å²) in [4.78, 5) is 0. The quantitative estimate of drug-likeness (QED) is 0.552. The molecule has 53 valence electrons. The minimum Gasteiger partial charge on any atom is -0.0616 e. The molecule has 2 aromatic rings. The molecule has 0 aromatic heterocycles. The van der Waals surface area contributed by atoms with E-state index in [4.69, 9.17) is 0 Å². The summed E-state index contributed by atoms with van der Waals surface area (Å²) in [5.74, 6) is 0. The molecule has 11 heavy (non-hydrogen) atoms. The zero-order valence-corrected chi connectivity index (χ0v) is 7.08. The Labute approximate surface area is 76.7 Å². The van der Waals surface area contributed by atoms with Crippen molar-refractivity contribution >= 4 is 10.8 Å². The monoisotopic (exact) mass is 184 g/mol. The van der Waals surface area contributed by atoms with Crippen LogP contribution >= 0.6 is 0 Å². The fourth-order valence-corrected chi connectivity index (χ4v) is 1.13. The maximum atomic E-state index is 2.12. The molecule has 0 saturated heterocycles. The SMILES string of the molecule is [Fe+3].c1ccc2ccccc2c1. The molecule has 0 aliphatic heterocycles. The Morgan fingerprint density at radius 3 is 1.09 bits per heavy atom. The second-order valence-electron chi connectivity index (χ2n) is 2.35. The van der Waals surface area contributed by atoms with E-state index in [-0.39, 0.29) is 17.1 Å². The van der Waals surface area contributed by atoms with Crippen LogP contribution in [0.1, 0.15) is 0 Å². The second-order valence-corrected chi connectivity index (χ2v) is 2.35. The van der Waals surface area contributed by atoms with Gasteiger partial charge in [0.05, 0.1) is 0 Å². The molecular weight excluding hydrogens is 176 g/mol. The zero-order valence-electron chi connectivity index (χ0n) is 5.97. The van der Waals surface area contributed by atoms with Gasteiger partial charge in [-0.2, -0.15) is 0 Å². The van der Waals surface area contributed by atoms with E-state index in [1.54, 1.807) is 0 Å². The predicted molar refractivity (Wildman–Crippen MR) is 43.9 cm³/mol. The second kappa shape index (κ2) is 3.56. The number of hydrogen-bond acceptors (Lipinski definition) is 0. The smallest absolute Gasteiger partial charge is 0.0616 e. The van der Waals surface area contributed by atoms with Gasteiger partial charge in [0.15, 0.2) is 0 Å². The largest absolute Gasteiger partial charge is 3.00 e. The van der Waals surface area contributed by atoms with Gasteiger partial charge in [-0.1, -0.05) is 48.5 Å². The Morgan fingerprint density at radius 2 is 0.818 bits per heavy atom. The number of rotatable bonds is 0. The summed E-state index contributed by atoms with van der Waals surface area (Å²) in [6, 6.07) is 16.7. The van der Waals surface area contributed by atoms with Gasteiger partial charge in [-0.3, -0.25) is 0 Å². The normalized spacial score (nSPS) is 9.09. The van der Waals surface area contributed by atoms with Crippen LogP contribution in [0.4, 0.5) is 0 Å². The third kappa shape index (κ3) is 1.62. The van der Waals surface area contributed by atoms with Crippen molar-refractivity contribution in [3.63, 3.8) is 0 Å². The topological polar surface area (TPSA) is 0 Å². The molecule has 0 fully saturated rings. The van der Waals surface area contributed by atoms with Crippen molar-refractivity contribution in [3.05, 3.63) is 48.5 Å². The van der Waals surface area contributed by atoms with Crippen LogP contribution in [0.25, 0.3) is 10.8 Å². The fraction of sp³-hybridized carbons (Fsp3) is 0. The first-order valence-electron chi connectivity index (χ1n) is 3.40. The van der Waals surface area contributed by atoms with Crippen molar-refractivity contribution in [2.75, 3.05) is 0 Å². The Morgan fingerprint density at radius 1 is 0.545 bits per heavy atom. The third-order valence-electron chi connectivity index (χ3n) is 1.66. The van der Waals surface area contributed by atoms with E-state index in [1.807, 2.05) is 0 Å². The van der Waals surface area contributed by atoms with Gasteiger partial charge in [-0.15, -0.1) is 0 Å². The van der Waals surface area contributed by atoms with E-state index in [9.17, 15) is 0 Å². The summed E-state index contributed by atoms with van der Waals surface area (Å²) in [7, 11) is 0. The van der Waals surface area contributed by atoms with Crippen LogP contribution in [0.3, 0.4) is 0 Å². The van der Waals surface area contributed by atoms with Crippen LogP contribution in [-0.2, 0) is 17.1 Å². The molecule has 0 atom stereocenters. The summed E-state index contributed by atoms with van der Waals surface area (Å²) >= 11 is 0. The molecule has 2 aromatic carbocycles. The van der Waals surface area contributed by atoms with Crippen LogP contribution in [0.2, 0.25) is 0 Å². The molecular formula is C10H8Fe+3. The van der Waals surface area contributed by atoms with Crippen LogP contribution in [0.5, 0.6) is 0 Å². The molecule has 0 aliphatic carbocycles. The van der Waals surface area contributed by atoms with E-state index >= 15 is 0 Å². The van der Waals surface area contributed by atoms with Crippen LogP contribution in [0, 0.1) is 0 Å². The van der Waals surface area contributed by atoms with Crippen molar-refractivity contribution in [1.82, 2.24) is 0 Å². The summed E-state index contributed by atoms with van der Waals surface area (Å²) in [6.45, 7) is 0. The van der Waals surface area contributed by atoms with Crippen molar-refractivity contribution < 1.29 is 17.1 Å². The van der Waals surface area contributed by atoms with Gasteiger partial charge >= 0.3 is 17.1 Å². The molecule has 0 aliphatic rings. The molecule has 0 unspecified atom stereocenters. The molecule has 0 heterocycles. The van der Waals surface area contributed by atoms with Crippen molar-refractivity contribution in [2.45, 2.75) is 0 Å². The molecule has 1 radical (unpaired) electrons. The summed E-state index contributed by atoms with van der Waals surface area (Å²) in [6.07, 6.45) is 0. The van der Waals surface area contributed by atoms with Gasteiger partial charge in [-0.25, -0.2) is 0 Å². The maximum absolute atomic E-state index is 2.12. The van der Waals surface area contributed by atoms with Crippen molar-refractivity contribution in [2.24, 2.45) is 0 Å². The van der Waals surface area contributed by atoms with E-state index in [1.165, 1.54) is 10.8 Å². The van der Waals surface area contributed by atoms with Gasteiger partial charge < -0.3 is 0 Å². The predicted octanol–water partition coefficient (Wildman–Crippen LogP) is 2.84. The summed E-state index contributed by atoms with van der Waals surface area (Å²) in [5, 5.41) is 2.62. The fourth-order valence-electron chi connectivity index (χ4n) is 1.13. The Bertz CT molecular complexity index is 276. The molecule has 0 saturated carbocycles. The minimum absolute atomic E-state index is 0. The van der Waals surface area contributed by atoms with Gasteiger partial charge in [-0.05, 0) is 10.8 Å². The minimum atomic E-state index is 0. The summed E-state index contributed by atoms with van der Waals surface area (Å²) < 4.78 is 0. The van der Waals surface area contributed by atoms with Crippen molar-refractivity contribution in [1.29, 1.82) is 0 Å². The first kappa shape index (κ1) is 8.32. The Kier molecular flexibility index (Phi) is 2.69. The van der Waals surface area contributed by atoms with Gasteiger partial charge in [0, 0.05) is 0 Å². The molecule has 0 amide bonds. The molecule has 0 N–H and O–H groups in total. The average Bonchev–Trinajstić information content (AvgIpc) is 2.05. The molecule has 0 spiro atoms. The van der Waals surface area contributed by atoms with Crippen LogP contribution < -0.4 is 0 Å². The van der Waals surface area contributed by atoms with Gasteiger partial charge in [0.2, 0.25) is 0 Å². The first-order chi connectivity index (χ1) is 4.97. The molecule has 0 nitrogen and oxygen atoms in total. The van der Waals surface area contributed by atoms with E-state index < -0.39 is 0 Å². The van der Waals surface area contributed by atoms with E-state index in [0.29, 0.717) is 0 Å². The zero-order chi connectivity index (χ0) is 6.81. The van der Waals surface area contributed by atoms with Gasteiger partial charge in [0.1, 0.15) is 0 Å². The standard InChI is InChI=1S/C10H8.Fe/c1-2-6-10-8-4-3-7-9(10)5-1;/h1-8H;/q;+3. The van der Waals surface area contributed by atoms with Crippen LogP contribution in [0.15, 0.2) is 48.5 Å². The molecule has 2 rings (SSSR count). The average molecular weight is 184 g/mol. The van der Waals surface area contributed by atoms with E-state index in [2.05, 4.69) is 48.5 Å². The third-order valence-corrected chi connectivity index (χ3v) is 1.66. The first-order valence-corrected chi connectivity index (χ1v) is 3.40. The molecule has 0 bridgehead atoms. The Hall–Kier alpha value is -0.781. The summed E-state index contributed by atoms with van der Waals surface area (Å²) in [5.41, 5.74) is 0.